The van der Waals surface area contributed by atoms with Crippen LogP contribution in [0.2, 0.25) is 0 Å². The SMILES string of the molecule is CC(C)(C)OC(=O)N1CC(Oc2ccc(C3=C(c4ccccc4)CCc4cc(OCc5ccccc5)ccc43)cc2)C1. The van der Waals surface area contributed by atoms with Gasteiger partial charge in [0.25, 0.3) is 0 Å². The highest BCUT2D eigenvalue weighted by molar-refractivity contribution is 6.00. The number of allylic oxidation sites excluding steroid dienone is 1. The number of aryl methyl sites for hydroxylation is 1. The molecule has 0 atom stereocenters. The second kappa shape index (κ2) is 11.8. The van der Waals surface area contributed by atoms with E-state index < -0.39 is 5.60 Å². The highest BCUT2D eigenvalue weighted by atomic mass is 16.6. The van der Waals surface area contributed by atoms with E-state index in [1.54, 1.807) is 4.90 Å². The summed E-state index contributed by atoms with van der Waals surface area (Å²) in [5.74, 6) is 1.69. The van der Waals surface area contributed by atoms with E-state index in [0.29, 0.717) is 19.7 Å². The quantitative estimate of drug-likeness (QED) is 0.229. The number of ether oxygens (including phenoxy) is 3. The fourth-order valence-electron chi connectivity index (χ4n) is 5.54. The molecule has 1 aliphatic heterocycles. The largest absolute Gasteiger partial charge is 0.489 e. The summed E-state index contributed by atoms with van der Waals surface area (Å²) in [7, 11) is 0. The molecule has 42 heavy (non-hydrogen) atoms. The van der Waals surface area contributed by atoms with Crippen LogP contribution in [0.3, 0.4) is 0 Å². The van der Waals surface area contributed by atoms with E-state index in [1.807, 2.05) is 51.1 Å². The molecule has 5 nitrogen and oxygen atoms in total. The zero-order valence-electron chi connectivity index (χ0n) is 24.5. The van der Waals surface area contributed by atoms with Crippen LogP contribution in [0, 0.1) is 0 Å². The first-order chi connectivity index (χ1) is 20.3. The number of hydrogen-bond acceptors (Lipinski definition) is 4. The molecule has 0 saturated carbocycles. The van der Waals surface area contributed by atoms with Gasteiger partial charge in [0.05, 0.1) is 13.1 Å². The van der Waals surface area contributed by atoms with Crippen LogP contribution < -0.4 is 9.47 Å². The second-order valence-corrected chi connectivity index (χ2v) is 12.0. The lowest BCUT2D eigenvalue weighted by atomic mass is 9.79. The molecule has 0 bridgehead atoms. The molecule has 0 unspecified atom stereocenters. The molecule has 0 spiro atoms. The van der Waals surface area contributed by atoms with Crippen molar-refractivity contribution in [2.24, 2.45) is 0 Å². The number of carbonyl (C=O) groups is 1. The van der Waals surface area contributed by atoms with Crippen molar-refractivity contribution in [1.29, 1.82) is 0 Å². The molecule has 0 N–H and O–H groups in total. The molecule has 214 valence electrons. The topological polar surface area (TPSA) is 48.0 Å². The third-order valence-electron chi connectivity index (χ3n) is 7.61. The molecular weight excluding hydrogens is 522 g/mol. The van der Waals surface area contributed by atoms with Gasteiger partial charge in [-0.05, 0) is 96.8 Å². The highest BCUT2D eigenvalue weighted by Crippen LogP contribution is 2.42. The van der Waals surface area contributed by atoms with Gasteiger partial charge < -0.3 is 19.1 Å². The summed E-state index contributed by atoms with van der Waals surface area (Å²) < 4.78 is 17.8. The number of carbonyl (C=O) groups excluding carboxylic acids is 1. The van der Waals surface area contributed by atoms with Crippen molar-refractivity contribution in [1.82, 2.24) is 4.90 Å². The van der Waals surface area contributed by atoms with Gasteiger partial charge in [-0.25, -0.2) is 4.79 Å². The maximum Gasteiger partial charge on any atom is 0.410 e. The van der Waals surface area contributed by atoms with Gasteiger partial charge in [-0.2, -0.15) is 0 Å². The van der Waals surface area contributed by atoms with Crippen LogP contribution >= 0.6 is 0 Å². The molecule has 1 aliphatic carbocycles. The van der Waals surface area contributed by atoms with Gasteiger partial charge in [-0.3, -0.25) is 0 Å². The number of hydrogen-bond donors (Lipinski definition) is 0. The van der Waals surface area contributed by atoms with Gasteiger partial charge in [0.1, 0.15) is 29.8 Å². The van der Waals surface area contributed by atoms with Crippen molar-refractivity contribution in [2.45, 2.75) is 51.9 Å². The van der Waals surface area contributed by atoms with Crippen molar-refractivity contribution in [3.05, 3.63) is 131 Å². The van der Waals surface area contributed by atoms with Crippen molar-refractivity contribution in [3.8, 4) is 11.5 Å². The van der Waals surface area contributed by atoms with E-state index in [1.165, 1.54) is 27.8 Å². The minimum absolute atomic E-state index is 0.0350. The molecule has 0 aromatic heterocycles. The van der Waals surface area contributed by atoms with Crippen LogP contribution in [0.5, 0.6) is 11.5 Å². The molecule has 6 rings (SSSR count). The Morgan fingerprint density at radius 3 is 2.14 bits per heavy atom. The van der Waals surface area contributed by atoms with E-state index in [4.69, 9.17) is 14.2 Å². The molecule has 1 heterocycles. The van der Waals surface area contributed by atoms with Crippen molar-refractivity contribution >= 4 is 17.2 Å². The first kappa shape index (κ1) is 27.6. The Hall–Kier alpha value is -4.51. The number of nitrogens with zero attached hydrogens (tertiary/aromatic N) is 1. The van der Waals surface area contributed by atoms with Gasteiger partial charge in [-0.15, -0.1) is 0 Å². The number of fused-ring (bicyclic) bond motifs is 1. The molecule has 1 amide bonds. The Labute approximate surface area is 248 Å². The van der Waals surface area contributed by atoms with Crippen LogP contribution in [-0.2, 0) is 17.8 Å². The van der Waals surface area contributed by atoms with Crippen LogP contribution in [-0.4, -0.2) is 35.8 Å². The Kier molecular flexibility index (Phi) is 7.75. The normalized spacial score (nSPS) is 15.1. The van der Waals surface area contributed by atoms with Gasteiger partial charge >= 0.3 is 6.09 Å². The van der Waals surface area contributed by atoms with Gasteiger partial charge in [0.2, 0.25) is 0 Å². The van der Waals surface area contributed by atoms with E-state index in [2.05, 4.69) is 72.8 Å². The maximum atomic E-state index is 12.3. The van der Waals surface area contributed by atoms with Crippen LogP contribution in [0.1, 0.15) is 55.0 Å². The fraction of sp³-hybridized carbons (Fsp3) is 0.270. The molecule has 4 aromatic carbocycles. The summed E-state index contributed by atoms with van der Waals surface area (Å²) >= 11 is 0. The van der Waals surface area contributed by atoms with Gasteiger partial charge in [0, 0.05) is 0 Å². The van der Waals surface area contributed by atoms with E-state index >= 15 is 0 Å². The van der Waals surface area contributed by atoms with Crippen molar-refractivity contribution < 1.29 is 19.0 Å². The van der Waals surface area contributed by atoms with Crippen LogP contribution in [0.15, 0.2) is 103 Å². The molecule has 0 radical (unpaired) electrons. The summed E-state index contributed by atoms with van der Waals surface area (Å²) in [6.45, 7) is 7.24. The predicted octanol–water partition coefficient (Wildman–Crippen LogP) is 8.17. The number of amides is 1. The van der Waals surface area contributed by atoms with E-state index in [0.717, 1.165) is 35.5 Å². The molecular formula is C37H37NO4. The van der Waals surface area contributed by atoms with Gasteiger partial charge in [0.15, 0.2) is 0 Å². The zero-order valence-corrected chi connectivity index (χ0v) is 24.5. The summed E-state index contributed by atoms with van der Waals surface area (Å²) in [4.78, 5) is 13.9. The molecule has 4 aromatic rings. The summed E-state index contributed by atoms with van der Waals surface area (Å²) in [6.07, 6.45) is 1.59. The lowest BCUT2D eigenvalue weighted by Crippen LogP contribution is -2.57. The van der Waals surface area contributed by atoms with Gasteiger partial charge in [-0.1, -0.05) is 78.9 Å². The summed E-state index contributed by atoms with van der Waals surface area (Å²) in [5, 5.41) is 0. The monoisotopic (exact) mass is 559 g/mol. The standard InChI is InChI=1S/C37H37NO4/c1-37(2,3)42-36(39)38-23-32(24-38)41-30-17-14-28(15-18-30)35-33(27-12-8-5-9-13-27)20-16-29-22-31(19-21-34(29)35)40-25-26-10-6-4-7-11-26/h4-15,17-19,21-22,32H,16,20,23-25H2,1-3H3. The fourth-order valence-corrected chi connectivity index (χ4v) is 5.54. The van der Waals surface area contributed by atoms with Crippen LogP contribution in [0.25, 0.3) is 11.1 Å². The van der Waals surface area contributed by atoms with Crippen molar-refractivity contribution in [2.75, 3.05) is 13.1 Å². The predicted molar refractivity (Wildman–Crippen MR) is 167 cm³/mol. The maximum absolute atomic E-state index is 12.3. The Bertz CT molecular complexity index is 1560. The number of likely N-dealkylation sites (tertiary alicyclic amines) is 1. The Morgan fingerprint density at radius 1 is 0.786 bits per heavy atom. The third-order valence-corrected chi connectivity index (χ3v) is 7.61. The average molecular weight is 560 g/mol. The summed E-state index contributed by atoms with van der Waals surface area (Å²) in [5.41, 5.74) is 8.21. The minimum Gasteiger partial charge on any atom is -0.489 e. The van der Waals surface area contributed by atoms with E-state index in [-0.39, 0.29) is 12.2 Å². The molecule has 1 fully saturated rings. The van der Waals surface area contributed by atoms with Crippen LogP contribution in [0.4, 0.5) is 4.79 Å². The lowest BCUT2D eigenvalue weighted by Gasteiger charge is -2.39. The second-order valence-electron chi connectivity index (χ2n) is 12.0. The Balaban J connectivity index is 1.21. The van der Waals surface area contributed by atoms with Crippen molar-refractivity contribution in [3.63, 3.8) is 0 Å². The minimum atomic E-state index is -0.499. The summed E-state index contributed by atoms with van der Waals surface area (Å²) in [6, 6.07) is 35.8. The third kappa shape index (κ3) is 6.36. The zero-order chi connectivity index (χ0) is 29.1. The number of rotatable bonds is 7. The Morgan fingerprint density at radius 2 is 1.45 bits per heavy atom. The average Bonchev–Trinajstić information content (AvgIpc) is 2.97. The molecule has 5 heteroatoms. The van der Waals surface area contributed by atoms with E-state index in [9.17, 15) is 4.79 Å². The number of benzene rings is 4. The molecule has 1 saturated heterocycles. The first-order valence-electron chi connectivity index (χ1n) is 14.7. The first-order valence-corrected chi connectivity index (χ1v) is 14.7. The molecule has 2 aliphatic rings. The smallest absolute Gasteiger partial charge is 0.410 e. The lowest BCUT2D eigenvalue weighted by molar-refractivity contribution is -0.0221. The highest BCUT2D eigenvalue weighted by Gasteiger charge is 2.35.